The normalized spacial score (nSPS) is 54.3. The Labute approximate surface area is 233 Å². The second-order valence-electron chi connectivity index (χ2n) is 19.0. The molecule has 1 aromatic rings. The average molecular weight is 509 g/mol. The summed E-state index contributed by atoms with van der Waals surface area (Å²) in [5.41, 5.74) is 10.8. The van der Waals surface area contributed by atoms with Crippen LogP contribution >= 0.6 is 0 Å². The van der Waals surface area contributed by atoms with Crippen molar-refractivity contribution in [2.45, 2.75) is 137 Å². The third-order valence-corrected chi connectivity index (χ3v) is 13.4. The van der Waals surface area contributed by atoms with Gasteiger partial charge in [-0.2, -0.15) is 0 Å². The minimum Gasteiger partial charge on any atom is -0.0636 e. The second kappa shape index (κ2) is 6.94. The molecule has 8 fully saturated rings. The van der Waals surface area contributed by atoms with Crippen molar-refractivity contribution in [3.63, 3.8) is 0 Å². The Morgan fingerprint density at radius 1 is 0.421 bits per heavy atom. The van der Waals surface area contributed by atoms with Crippen LogP contribution in [0.5, 0.6) is 0 Å². The van der Waals surface area contributed by atoms with E-state index in [2.05, 4.69) is 78.0 Å². The van der Waals surface area contributed by atoms with Crippen LogP contribution in [-0.2, 0) is 5.41 Å². The monoisotopic (exact) mass is 508 g/mol. The number of allylic oxidation sites excluding steroid dienone is 4. The van der Waals surface area contributed by atoms with E-state index in [1.807, 2.05) is 5.57 Å². The van der Waals surface area contributed by atoms with Gasteiger partial charge in [-0.05, 0) is 150 Å². The van der Waals surface area contributed by atoms with Gasteiger partial charge in [0.15, 0.2) is 0 Å². The molecule has 0 amide bonds. The van der Waals surface area contributed by atoms with Gasteiger partial charge in [0.05, 0.1) is 0 Å². The largest absolute Gasteiger partial charge is 0.0636 e. The van der Waals surface area contributed by atoms with Crippen molar-refractivity contribution >= 4 is 5.57 Å². The summed E-state index contributed by atoms with van der Waals surface area (Å²) in [5, 5.41) is 0. The van der Waals surface area contributed by atoms with Gasteiger partial charge in [-0.1, -0.05) is 83.5 Å². The minimum absolute atomic E-state index is 0.417. The van der Waals surface area contributed by atoms with Crippen molar-refractivity contribution in [3.05, 3.63) is 53.1 Å². The molecule has 9 aliphatic carbocycles. The van der Waals surface area contributed by atoms with Gasteiger partial charge in [0.1, 0.15) is 0 Å². The molecule has 8 bridgehead atoms. The topological polar surface area (TPSA) is 0 Å². The number of benzene rings is 1. The SMILES string of the molecule is CC12CC3(C)CC(C)(C1)CC(C1=CC=C(c4ccc(C56CC7(C)CC(C)(CC(C)(C7)C5)C6)cc4)CC1)(C2)C3. The summed E-state index contributed by atoms with van der Waals surface area (Å²) in [6.07, 6.45) is 25.0. The predicted octanol–water partition coefficient (Wildman–Crippen LogP) is 10.8. The van der Waals surface area contributed by atoms with Gasteiger partial charge in [-0.15, -0.1) is 0 Å². The van der Waals surface area contributed by atoms with Crippen LogP contribution in [0.4, 0.5) is 0 Å². The lowest BCUT2D eigenvalue weighted by Crippen LogP contribution is -2.60. The summed E-state index contributed by atoms with van der Waals surface area (Å²) in [7, 11) is 0. The molecule has 0 unspecified atom stereocenters. The molecular weight excluding hydrogens is 456 g/mol. The van der Waals surface area contributed by atoms with Crippen molar-refractivity contribution in [1.29, 1.82) is 0 Å². The Balaban J connectivity index is 1.07. The van der Waals surface area contributed by atoms with E-state index < -0.39 is 0 Å². The van der Waals surface area contributed by atoms with E-state index in [-0.39, 0.29) is 0 Å². The first kappa shape index (κ1) is 24.5. The molecule has 9 aliphatic rings. The van der Waals surface area contributed by atoms with Crippen LogP contribution in [0.3, 0.4) is 0 Å². The quantitative estimate of drug-likeness (QED) is 0.381. The lowest BCUT2D eigenvalue weighted by Gasteiger charge is -2.70. The molecule has 8 saturated carbocycles. The number of hydrogen-bond donors (Lipinski definition) is 0. The Bertz CT molecular complexity index is 1160. The van der Waals surface area contributed by atoms with Crippen LogP contribution in [0.15, 0.2) is 42.0 Å². The van der Waals surface area contributed by atoms with E-state index >= 15 is 0 Å². The van der Waals surface area contributed by atoms with E-state index in [4.69, 9.17) is 0 Å². The Kier molecular flexibility index (Phi) is 4.47. The maximum absolute atomic E-state index is 2.63. The highest BCUT2D eigenvalue weighted by Crippen LogP contribution is 2.76. The van der Waals surface area contributed by atoms with E-state index in [0.717, 1.165) is 0 Å². The van der Waals surface area contributed by atoms with Gasteiger partial charge in [-0.25, -0.2) is 0 Å². The van der Waals surface area contributed by atoms with E-state index in [1.54, 1.807) is 11.1 Å². The zero-order valence-electron chi connectivity index (χ0n) is 25.4. The molecule has 0 nitrogen and oxygen atoms in total. The Morgan fingerprint density at radius 2 is 0.816 bits per heavy atom. The van der Waals surface area contributed by atoms with Gasteiger partial charge >= 0.3 is 0 Å². The maximum Gasteiger partial charge on any atom is -0.00314 e. The minimum atomic E-state index is 0.417. The maximum atomic E-state index is 2.63. The second-order valence-corrected chi connectivity index (χ2v) is 19.0. The number of rotatable bonds is 3. The van der Waals surface area contributed by atoms with Crippen molar-refractivity contribution in [2.24, 2.45) is 37.9 Å². The molecule has 0 atom stereocenters. The lowest BCUT2D eigenvalue weighted by molar-refractivity contribution is -0.170. The molecule has 0 radical (unpaired) electrons. The molecule has 0 aliphatic heterocycles. The van der Waals surface area contributed by atoms with Crippen molar-refractivity contribution in [1.82, 2.24) is 0 Å². The molecule has 0 heteroatoms. The molecule has 0 spiro atoms. The molecule has 0 N–H and O–H groups in total. The molecule has 38 heavy (non-hydrogen) atoms. The van der Waals surface area contributed by atoms with Gasteiger partial charge in [-0.3, -0.25) is 0 Å². The zero-order chi connectivity index (χ0) is 26.5. The first-order valence-corrected chi connectivity index (χ1v) is 16.2. The smallest absolute Gasteiger partial charge is 0.00314 e. The van der Waals surface area contributed by atoms with Crippen LogP contribution < -0.4 is 0 Å². The highest BCUT2D eigenvalue weighted by molar-refractivity contribution is 5.69. The van der Waals surface area contributed by atoms with Crippen molar-refractivity contribution in [2.75, 3.05) is 0 Å². The van der Waals surface area contributed by atoms with Crippen molar-refractivity contribution in [3.8, 4) is 0 Å². The fourth-order valence-electron chi connectivity index (χ4n) is 15.6. The molecule has 204 valence electrons. The third-order valence-electron chi connectivity index (χ3n) is 13.4. The van der Waals surface area contributed by atoms with Crippen LogP contribution in [0.2, 0.25) is 0 Å². The summed E-state index contributed by atoms with van der Waals surface area (Å²) in [6, 6.07) is 10.1. The highest BCUT2D eigenvalue weighted by Gasteiger charge is 2.65. The van der Waals surface area contributed by atoms with E-state index in [1.165, 1.54) is 95.5 Å². The molecule has 1 aromatic carbocycles. The average Bonchev–Trinajstić information content (AvgIpc) is 2.73. The summed E-state index contributed by atoms with van der Waals surface area (Å²) in [4.78, 5) is 0. The standard InChI is InChI=1S/C38H52/c1-31-15-32(2)17-33(3,16-31)23-37(21-31,22-32)29-11-7-27(8-12-29)28-9-13-30(14-10-28)38-24-34(4)18-35(5,25-38)20-36(6,19-34)26-38/h7-9,11-13H,10,14-26H2,1-6H3. The van der Waals surface area contributed by atoms with E-state index in [0.29, 0.717) is 43.3 Å². The Morgan fingerprint density at radius 3 is 1.18 bits per heavy atom. The van der Waals surface area contributed by atoms with E-state index in [9.17, 15) is 0 Å². The van der Waals surface area contributed by atoms with Crippen LogP contribution in [0.25, 0.3) is 5.57 Å². The van der Waals surface area contributed by atoms with Gasteiger partial charge in [0.2, 0.25) is 0 Å². The molecule has 0 saturated heterocycles. The number of hydrogen-bond acceptors (Lipinski definition) is 0. The lowest BCUT2D eigenvalue weighted by atomic mass is 9.35. The third kappa shape index (κ3) is 3.46. The van der Waals surface area contributed by atoms with Crippen LogP contribution in [0.1, 0.15) is 143 Å². The first-order valence-electron chi connectivity index (χ1n) is 16.2. The fraction of sp³-hybridized carbons (Fsp3) is 0.737. The van der Waals surface area contributed by atoms with Gasteiger partial charge < -0.3 is 0 Å². The first-order chi connectivity index (χ1) is 17.7. The molecule has 0 aromatic heterocycles. The zero-order valence-corrected chi connectivity index (χ0v) is 25.4. The molecule has 0 heterocycles. The summed E-state index contributed by atoms with van der Waals surface area (Å²) in [6.45, 7) is 15.7. The van der Waals surface area contributed by atoms with Crippen LogP contribution in [0, 0.1) is 37.9 Å². The summed E-state index contributed by atoms with van der Waals surface area (Å²) < 4.78 is 0. The summed E-state index contributed by atoms with van der Waals surface area (Å²) in [5.74, 6) is 0. The molecular formula is C38H52. The molecule has 10 rings (SSSR count). The predicted molar refractivity (Wildman–Crippen MR) is 160 cm³/mol. The Hall–Kier alpha value is -1.30. The van der Waals surface area contributed by atoms with Crippen molar-refractivity contribution < 1.29 is 0 Å². The van der Waals surface area contributed by atoms with Gasteiger partial charge in [0, 0.05) is 0 Å². The van der Waals surface area contributed by atoms with Gasteiger partial charge in [0.25, 0.3) is 0 Å². The fourth-order valence-corrected chi connectivity index (χ4v) is 15.6. The van der Waals surface area contributed by atoms with Crippen LogP contribution in [-0.4, -0.2) is 0 Å². The summed E-state index contributed by atoms with van der Waals surface area (Å²) >= 11 is 0. The highest BCUT2D eigenvalue weighted by atomic mass is 14.7.